The Hall–Kier alpha value is -2.22. The largest absolute Gasteiger partial charge is 0.321 e. The van der Waals surface area contributed by atoms with Crippen molar-refractivity contribution >= 4 is 33.2 Å². The van der Waals surface area contributed by atoms with Gasteiger partial charge in [-0.05, 0) is 35.8 Å². The highest BCUT2D eigenvalue weighted by Crippen LogP contribution is 2.31. The van der Waals surface area contributed by atoms with Crippen LogP contribution in [0.3, 0.4) is 0 Å². The van der Waals surface area contributed by atoms with Gasteiger partial charge in [0.05, 0.1) is 22.4 Å². The van der Waals surface area contributed by atoms with Gasteiger partial charge in [-0.2, -0.15) is 5.10 Å². The summed E-state index contributed by atoms with van der Waals surface area (Å²) in [6.07, 6.45) is 1.40. The third kappa shape index (κ3) is 2.69. The second kappa shape index (κ2) is 5.41. The van der Waals surface area contributed by atoms with Crippen LogP contribution in [0, 0.1) is 24.0 Å². The molecule has 20 heavy (non-hydrogen) atoms. The first kappa shape index (κ1) is 14.2. The Labute approximate surface area is 122 Å². The van der Waals surface area contributed by atoms with Gasteiger partial charge in [-0.1, -0.05) is 0 Å². The van der Waals surface area contributed by atoms with Gasteiger partial charge in [0.15, 0.2) is 0 Å². The molecule has 1 aromatic heterocycles. The Morgan fingerprint density at radius 1 is 1.45 bits per heavy atom. The molecule has 0 spiro atoms. The van der Waals surface area contributed by atoms with E-state index in [1.54, 1.807) is 19.9 Å². The van der Waals surface area contributed by atoms with Crippen molar-refractivity contribution in [3.05, 3.63) is 49.7 Å². The predicted octanol–water partition coefficient (Wildman–Crippen LogP) is 2.95. The SMILES string of the molecule is Cc1cc(Br)c(NC(=O)c2cn[nH]c2C)cc1[N+](=O)[O-]. The highest BCUT2D eigenvalue weighted by molar-refractivity contribution is 9.10. The van der Waals surface area contributed by atoms with E-state index in [1.807, 2.05) is 0 Å². The van der Waals surface area contributed by atoms with Gasteiger partial charge in [-0.15, -0.1) is 0 Å². The lowest BCUT2D eigenvalue weighted by Gasteiger charge is -2.08. The van der Waals surface area contributed by atoms with Crippen molar-refractivity contribution in [2.75, 3.05) is 5.32 Å². The number of nitro groups is 1. The van der Waals surface area contributed by atoms with Gasteiger partial charge < -0.3 is 5.32 Å². The second-order valence-corrected chi connectivity index (χ2v) is 5.09. The van der Waals surface area contributed by atoms with Crippen molar-refractivity contribution < 1.29 is 9.72 Å². The highest BCUT2D eigenvalue weighted by Gasteiger charge is 2.17. The van der Waals surface area contributed by atoms with Crippen molar-refractivity contribution in [1.82, 2.24) is 10.2 Å². The van der Waals surface area contributed by atoms with Crippen molar-refractivity contribution in [3.63, 3.8) is 0 Å². The fourth-order valence-corrected chi connectivity index (χ4v) is 2.28. The standard InChI is InChI=1S/C12H11BrN4O3/c1-6-3-9(13)10(4-11(6)17(19)20)15-12(18)8-5-14-16-7(8)2/h3-5H,1-2H3,(H,14,16)(H,15,18). The Morgan fingerprint density at radius 2 is 2.15 bits per heavy atom. The quantitative estimate of drug-likeness (QED) is 0.663. The molecule has 0 aliphatic carbocycles. The number of rotatable bonds is 3. The smallest absolute Gasteiger partial charge is 0.274 e. The molecule has 0 saturated carbocycles. The number of benzene rings is 1. The summed E-state index contributed by atoms with van der Waals surface area (Å²) in [4.78, 5) is 22.5. The summed E-state index contributed by atoms with van der Waals surface area (Å²) >= 11 is 3.28. The maximum Gasteiger partial charge on any atom is 0.274 e. The molecule has 8 heteroatoms. The van der Waals surface area contributed by atoms with E-state index >= 15 is 0 Å². The molecule has 0 fully saturated rings. The summed E-state index contributed by atoms with van der Waals surface area (Å²) < 4.78 is 0.579. The van der Waals surface area contributed by atoms with E-state index in [-0.39, 0.29) is 11.6 Å². The molecule has 0 atom stereocenters. The minimum atomic E-state index is -0.486. The number of anilines is 1. The van der Waals surface area contributed by atoms with Crippen LogP contribution < -0.4 is 5.32 Å². The summed E-state index contributed by atoms with van der Waals surface area (Å²) in [5, 5.41) is 20.0. The van der Waals surface area contributed by atoms with E-state index in [1.165, 1.54) is 12.3 Å². The molecule has 0 unspecified atom stereocenters. The minimum Gasteiger partial charge on any atom is -0.321 e. The Kier molecular flexibility index (Phi) is 3.84. The molecule has 1 heterocycles. The number of H-pyrrole nitrogens is 1. The zero-order valence-electron chi connectivity index (χ0n) is 10.7. The van der Waals surface area contributed by atoms with Gasteiger partial charge in [0.25, 0.3) is 11.6 Å². The number of hydrogen-bond donors (Lipinski definition) is 2. The normalized spacial score (nSPS) is 10.3. The van der Waals surface area contributed by atoms with Gasteiger partial charge in [0.2, 0.25) is 0 Å². The lowest BCUT2D eigenvalue weighted by molar-refractivity contribution is -0.385. The third-order valence-electron chi connectivity index (χ3n) is 2.81. The molecular weight excluding hydrogens is 328 g/mol. The Morgan fingerprint density at radius 3 is 2.70 bits per heavy atom. The third-order valence-corrected chi connectivity index (χ3v) is 3.46. The highest BCUT2D eigenvalue weighted by atomic mass is 79.9. The van der Waals surface area contributed by atoms with Crippen LogP contribution in [-0.2, 0) is 0 Å². The summed E-state index contributed by atoms with van der Waals surface area (Å²) in [5.74, 6) is -0.380. The van der Waals surface area contributed by atoms with E-state index in [0.717, 1.165) is 0 Å². The average Bonchev–Trinajstić information content (AvgIpc) is 2.78. The molecule has 0 aliphatic heterocycles. The number of halogens is 1. The second-order valence-electron chi connectivity index (χ2n) is 4.24. The van der Waals surface area contributed by atoms with Crippen LogP contribution in [0.4, 0.5) is 11.4 Å². The topological polar surface area (TPSA) is 101 Å². The lowest BCUT2D eigenvalue weighted by Crippen LogP contribution is -2.13. The molecule has 2 rings (SSSR count). The van der Waals surface area contributed by atoms with E-state index in [9.17, 15) is 14.9 Å². The van der Waals surface area contributed by atoms with Gasteiger partial charge in [-0.25, -0.2) is 0 Å². The first-order chi connectivity index (χ1) is 9.40. The van der Waals surface area contributed by atoms with Crippen molar-refractivity contribution in [2.24, 2.45) is 0 Å². The monoisotopic (exact) mass is 338 g/mol. The van der Waals surface area contributed by atoms with Crippen LogP contribution in [-0.4, -0.2) is 21.0 Å². The number of carbonyl (C=O) groups excluding carboxylic acids is 1. The molecule has 0 radical (unpaired) electrons. The molecular formula is C12H11BrN4O3. The summed E-state index contributed by atoms with van der Waals surface area (Å²) in [5.41, 5.74) is 1.82. The van der Waals surface area contributed by atoms with E-state index < -0.39 is 4.92 Å². The number of hydrogen-bond acceptors (Lipinski definition) is 4. The molecule has 2 N–H and O–H groups in total. The van der Waals surface area contributed by atoms with Crippen molar-refractivity contribution in [1.29, 1.82) is 0 Å². The van der Waals surface area contributed by atoms with E-state index in [4.69, 9.17) is 0 Å². The number of carbonyl (C=O) groups is 1. The first-order valence-corrected chi connectivity index (χ1v) is 6.45. The molecule has 1 aromatic carbocycles. The number of nitrogens with zero attached hydrogens (tertiary/aromatic N) is 2. The maximum atomic E-state index is 12.1. The average molecular weight is 339 g/mol. The minimum absolute atomic E-state index is 0.0487. The van der Waals surface area contributed by atoms with Crippen LogP contribution >= 0.6 is 15.9 Å². The Balaban J connectivity index is 2.34. The predicted molar refractivity (Wildman–Crippen MR) is 76.8 cm³/mol. The number of aryl methyl sites for hydroxylation is 2. The number of nitro benzene ring substituents is 1. The van der Waals surface area contributed by atoms with Crippen LogP contribution in [0.15, 0.2) is 22.8 Å². The molecule has 104 valence electrons. The fraction of sp³-hybridized carbons (Fsp3) is 0.167. The van der Waals surface area contributed by atoms with Gasteiger partial charge in [0.1, 0.15) is 0 Å². The number of aromatic amines is 1. The van der Waals surface area contributed by atoms with Crippen LogP contribution in [0.2, 0.25) is 0 Å². The van der Waals surface area contributed by atoms with E-state index in [2.05, 4.69) is 31.4 Å². The number of amides is 1. The molecule has 0 saturated heterocycles. The van der Waals surface area contributed by atoms with E-state index in [0.29, 0.717) is 27.0 Å². The van der Waals surface area contributed by atoms with Crippen LogP contribution in [0.1, 0.15) is 21.6 Å². The van der Waals surface area contributed by atoms with Crippen LogP contribution in [0.25, 0.3) is 0 Å². The molecule has 7 nitrogen and oxygen atoms in total. The zero-order valence-corrected chi connectivity index (χ0v) is 12.3. The van der Waals surface area contributed by atoms with Crippen LogP contribution in [0.5, 0.6) is 0 Å². The lowest BCUT2D eigenvalue weighted by atomic mass is 10.1. The summed E-state index contributed by atoms with van der Waals surface area (Å²) in [6, 6.07) is 2.92. The number of aromatic nitrogens is 2. The van der Waals surface area contributed by atoms with Gasteiger partial charge in [-0.3, -0.25) is 20.0 Å². The summed E-state index contributed by atoms with van der Waals surface area (Å²) in [7, 11) is 0. The Bertz CT molecular complexity index is 696. The van der Waals surface area contributed by atoms with Gasteiger partial charge in [0, 0.05) is 21.8 Å². The summed E-state index contributed by atoms with van der Waals surface area (Å²) in [6.45, 7) is 3.35. The molecule has 2 aromatic rings. The molecule has 0 bridgehead atoms. The van der Waals surface area contributed by atoms with Crippen molar-refractivity contribution in [2.45, 2.75) is 13.8 Å². The molecule has 0 aliphatic rings. The molecule has 1 amide bonds. The van der Waals surface area contributed by atoms with Gasteiger partial charge >= 0.3 is 0 Å². The fourth-order valence-electron chi connectivity index (χ4n) is 1.72. The zero-order chi connectivity index (χ0) is 14.9. The van der Waals surface area contributed by atoms with Crippen molar-refractivity contribution in [3.8, 4) is 0 Å². The number of nitrogens with one attached hydrogen (secondary N) is 2. The maximum absolute atomic E-state index is 12.1. The first-order valence-electron chi connectivity index (χ1n) is 5.66.